The van der Waals surface area contributed by atoms with E-state index in [2.05, 4.69) is 10.3 Å². The Morgan fingerprint density at radius 1 is 1.40 bits per heavy atom. The van der Waals surface area contributed by atoms with Gasteiger partial charge in [-0.15, -0.1) is 22.7 Å². The number of carbonyl (C=O) groups is 2. The fraction of sp³-hybridized carbons (Fsp3) is 0.308. The van der Waals surface area contributed by atoms with Crippen LogP contribution in [0, 0.1) is 0 Å². The van der Waals surface area contributed by atoms with Crippen LogP contribution in [0.15, 0.2) is 22.9 Å². The molecule has 0 aromatic carbocycles. The summed E-state index contributed by atoms with van der Waals surface area (Å²) in [6.07, 6.45) is 0.260. The van der Waals surface area contributed by atoms with Crippen LogP contribution in [0.1, 0.15) is 22.3 Å². The molecule has 0 aliphatic heterocycles. The third kappa shape index (κ3) is 3.64. The number of anilines is 1. The summed E-state index contributed by atoms with van der Waals surface area (Å²) in [5.74, 6) is -0.146. The van der Waals surface area contributed by atoms with E-state index in [1.165, 1.54) is 22.7 Å². The molecule has 0 atom stereocenters. The van der Waals surface area contributed by atoms with Gasteiger partial charge in [0.05, 0.1) is 17.0 Å². The van der Waals surface area contributed by atoms with Crippen LogP contribution < -0.4 is 5.32 Å². The maximum absolute atomic E-state index is 11.9. The van der Waals surface area contributed by atoms with Crippen LogP contribution in [0.5, 0.6) is 0 Å². The first kappa shape index (κ1) is 14.7. The maximum Gasteiger partial charge on any atom is 0.267 e. The van der Waals surface area contributed by atoms with Gasteiger partial charge in [-0.3, -0.25) is 14.9 Å². The third-order valence-electron chi connectivity index (χ3n) is 2.75. The molecule has 0 saturated carbocycles. The van der Waals surface area contributed by atoms with E-state index in [0.717, 1.165) is 0 Å². The van der Waals surface area contributed by atoms with Crippen molar-refractivity contribution in [2.75, 3.05) is 18.9 Å². The number of hydrogen-bond donors (Lipinski definition) is 1. The average Bonchev–Trinajstić information content (AvgIpc) is 3.09. The van der Waals surface area contributed by atoms with Gasteiger partial charge in [-0.1, -0.05) is 6.07 Å². The first-order chi connectivity index (χ1) is 9.60. The first-order valence-corrected chi connectivity index (χ1v) is 7.89. The van der Waals surface area contributed by atoms with Gasteiger partial charge in [0.25, 0.3) is 5.91 Å². The van der Waals surface area contributed by atoms with Gasteiger partial charge in [0, 0.05) is 19.0 Å². The molecule has 2 amide bonds. The van der Waals surface area contributed by atoms with Crippen LogP contribution in [0.25, 0.3) is 0 Å². The van der Waals surface area contributed by atoms with Crippen LogP contribution in [0.2, 0.25) is 0 Å². The lowest BCUT2D eigenvalue weighted by Gasteiger charge is -2.12. The second-order valence-corrected chi connectivity index (χ2v) is 5.97. The van der Waals surface area contributed by atoms with Crippen molar-refractivity contribution in [1.29, 1.82) is 0 Å². The predicted octanol–water partition coefficient (Wildman–Crippen LogP) is 2.48. The van der Waals surface area contributed by atoms with Crippen molar-refractivity contribution in [3.8, 4) is 0 Å². The molecule has 2 rings (SSSR count). The summed E-state index contributed by atoms with van der Waals surface area (Å²) in [5, 5.41) is 6.90. The fourth-order valence-corrected chi connectivity index (χ4v) is 2.80. The Morgan fingerprint density at radius 3 is 2.85 bits per heavy atom. The normalized spacial score (nSPS) is 10.3. The molecule has 2 aromatic rings. The zero-order valence-corrected chi connectivity index (χ0v) is 12.9. The molecule has 20 heavy (non-hydrogen) atoms. The molecule has 2 aromatic heterocycles. The Labute approximate surface area is 125 Å². The van der Waals surface area contributed by atoms with E-state index in [-0.39, 0.29) is 18.2 Å². The number of nitrogens with one attached hydrogen (secondary N) is 1. The molecule has 0 unspecified atom stereocenters. The van der Waals surface area contributed by atoms with Crippen LogP contribution in [-0.4, -0.2) is 35.3 Å². The Balaban J connectivity index is 1.96. The van der Waals surface area contributed by atoms with Crippen LogP contribution in [0.3, 0.4) is 0 Å². The molecule has 0 bridgehead atoms. The highest BCUT2D eigenvalue weighted by Crippen LogP contribution is 2.18. The minimum atomic E-state index is -0.169. The molecule has 0 aliphatic rings. The number of aromatic nitrogens is 1. The number of thiophene rings is 1. The Hall–Kier alpha value is -1.73. The smallest absolute Gasteiger partial charge is 0.267 e. The van der Waals surface area contributed by atoms with Crippen LogP contribution >= 0.6 is 22.7 Å². The van der Waals surface area contributed by atoms with E-state index in [1.807, 2.05) is 18.4 Å². The van der Waals surface area contributed by atoms with Crippen LogP contribution in [-0.2, 0) is 11.2 Å². The number of hydrogen-bond acceptors (Lipinski definition) is 5. The van der Waals surface area contributed by atoms with Gasteiger partial charge >= 0.3 is 0 Å². The second-order valence-electron chi connectivity index (χ2n) is 4.16. The average molecular weight is 309 g/mol. The van der Waals surface area contributed by atoms with Gasteiger partial charge in [-0.2, -0.15) is 0 Å². The van der Waals surface area contributed by atoms with Gasteiger partial charge in [0.1, 0.15) is 0 Å². The van der Waals surface area contributed by atoms with Crippen molar-refractivity contribution in [1.82, 2.24) is 9.88 Å². The van der Waals surface area contributed by atoms with Gasteiger partial charge < -0.3 is 4.90 Å². The number of carbonyl (C=O) groups excluding carboxylic acids is 2. The van der Waals surface area contributed by atoms with Gasteiger partial charge in [-0.25, -0.2) is 4.98 Å². The number of likely N-dealkylation sites (N-methyl/N-ethyl adjacent to an activating group) is 1. The van der Waals surface area contributed by atoms with E-state index >= 15 is 0 Å². The number of rotatable bonds is 5. The molecular weight excluding hydrogens is 294 g/mol. The van der Waals surface area contributed by atoms with Crippen molar-refractivity contribution < 1.29 is 9.59 Å². The molecule has 7 heteroatoms. The van der Waals surface area contributed by atoms with Crippen molar-refractivity contribution in [2.24, 2.45) is 0 Å². The predicted molar refractivity (Wildman–Crippen MR) is 81.4 cm³/mol. The topological polar surface area (TPSA) is 62.3 Å². The maximum atomic E-state index is 11.9. The Morgan fingerprint density at radius 2 is 2.20 bits per heavy atom. The lowest BCUT2D eigenvalue weighted by Crippen LogP contribution is -2.27. The standard InChI is InChI=1S/C13H15N3O2S2/c1-3-16(2)11(17)7-9-8-20-13(14-9)15-12(18)10-5-4-6-19-10/h4-6,8H,3,7H2,1-2H3,(H,14,15,18). The Kier molecular flexibility index (Phi) is 4.86. The second kappa shape index (κ2) is 6.62. The molecule has 0 aliphatic carbocycles. The minimum absolute atomic E-state index is 0.0222. The van der Waals surface area contributed by atoms with E-state index < -0.39 is 0 Å². The number of nitrogens with zero attached hydrogens (tertiary/aromatic N) is 2. The summed E-state index contributed by atoms with van der Waals surface area (Å²) in [6, 6.07) is 3.58. The van der Waals surface area contributed by atoms with Crippen molar-refractivity contribution >= 4 is 39.6 Å². The quantitative estimate of drug-likeness (QED) is 0.923. The number of thiazole rings is 1. The molecule has 0 fully saturated rings. The van der Waals surface area contributed by atoms with E-state index in [1.54, 1.807) is 23.4 Å². The van der Waals surface area contributed by atoms with Crippen molar-refractivity contribution in [3.63, 3.8) is 0 Å². The first-order valence-electron chi connectivity index (χ1n) is 6.13. The summed E-state index contributed by atoms with van der Waals surface area (Å²) in [5.41, 5.74) is 0.682. The summed E-state index contributed by atoms with van der Waals surface area (Å²) in [4.78, 5) is 30.2. The van der Waals surface area contributed by atoms with Gasteiger partial charge in [0.15, 0.2) is 5.13 Å². The molecule has 2 heterocycles. The van der Waals surface area contributed by atoms with Gasteiger partial charge in [-0.05, 0) is 18.4 Å². The lowest BCUT2D eigenvalue weighted by molar-refractivity contribution is -0.129. The number of amides is 2. The molecule has 5 nitrogen and oxygen atoms in total. The SMILES string of the molecule is CCN(C)C(=O)Cc1csc(NC(=O)c2cccs2)n1. The zero-order valence-electron chi connectivity index (χ0n) is 11.3. The van der Waals surface area contributed by atoms with E-state index in [4.69, 9.17) is 0 Å². The summed E-state index contributed by atoms with van der Waals surface area (Å²) >= 11 is 2.71. The van der Waals surface area contributed by atoms with Crippen molar-refractivity contribution in [2.45, 2.75) is 13.3 Å². The highest BCUT2D eigenvalue weighted by Gasteiger charge is 2.13. The van der Waals surface area contributed by atoms with E-state index in [0.29, 0.717) is 22.2 Å². The molecule has 0 spiro atoms. The fourth-order valence-electron chi connectivity index (χ4n) is 1.48. The van der Waals surface area contributed by atoms with E-state index in [9.17, 15) is 9.59 Å². The van der Waals surface area contributed by atoms with Gasteiger partial charge in [0.2, 0.25) is 5.91 Å². The molecule has 0 radical (unpaired) electrons. The summed E-state index contributed by atoms with van der Waals surface area (Å²) in [7, 11) is 1.76. The highest BCUT2D eigenvalue weighted by atomic mass is 32.1. The summed E-state index contributed by atoms with van der Waals surface area (Å²) in [6.45, 7) is 2.59. The lowest BCUT2D eigenvalue weighted by atomic mass is 10.3. The molecule has 1 N–H and O–H groups in total. The largest absolute Gasteiger partial charge is 0.346 e. The third-order valence-corrected chi connectivity index (χ3v) is 4.42. The summed E-state index contributed by atoms with van der Waals surface area (Å²) < 4.78 is 0. The monoisotopic (exact) mass is 309 g/mol. The highest BCUT2D eigenvalue weighted by molar-refractivity contribution is 7.14. The molecular formula is C13H15N3O2S2. The minimum Gasteiger partial charge on any atom is -0.346 e. The Bertz CT molecular complexity index is 593. The zero-order chi connectivity index (χ0) is 14.5. The van der Waals surface area contributed by atoms with Crippen LogP contribution in [0.4, 0.5) is 5.13 Å². The molecule has 0 saturated heterocycles. The van der Waals surface area contributed by atoms with Crippen molar-refractivity contribution in [3.05, 3.63) is 33.5 Å². The molecule has 106 valence electrons.